The van der Waals surface area contributed by atoms with E-state index >= 15 is 0 Å². The number of carbonyl (C=O) groups excluding carboxylic acids is 2. The fourth-order valence-corrected chi connectivity index (χ4v) is 4.65. The van der Waals surface area contributed by atoms with Crippen LogP contribution in [0.25, 0.3) is 0 Å². The van der Waals surface area contributed by atoms with Gasteiger partial charge in [0.15, 0.2) is 5.17 Å². The third-order valence-electron chi connectivity index (χ3n) is 4.86. The molecule has 2 amide bonds. The number of aryl methyl sites for hydroxylation is 1. The van der Waals surface area contributed by atoms with Gasteiger partial charge in [0.25, 0.3) is 0 Å². The Kier molecular flexibility index (Phi) is 7.68. The summed E-state index contributed by atoms with van der Waals surface area (Å²) in [6, 6.07) is 10.9. The molecule has 164 valence electrons. The molecule has 2 aromatic carbocycles. The summed E-state index contributed by atoms with van der Waals surface area (Å²) < 4.78 is 0. The summed E-state index contributed by atoms with van der Waals surface area (Å²) in [5, 5.41) is 4.14. The van der Waals surface area contributed by atoms with Crippen molar-refractivity contribution in [1.82, 2.24) is 4.90 Å². The second kappa shape index (κ2) is 10.1. The molecule has 1 N–H and O–H groups in total. The first-order valence-electron chi connectivity index (χ1n) is 10.0. The molecule has 0 radical (unpaired) electrons. The molecule has 1 aliphatic rings. The van der Waals surface area contributed by atoms with Crippen LogP contribution < -0.4 is 5.32 Å². The lowest BCUT2D eigenvalue weighted by Gasteiger charge is -2.18. The highest BCUT2D eigenvalue weighted by atomic mass is 35.5. The van der Waals surface area contributed by atoms with Crippen LogP contribution in [0, 0.1) is 19.8 Å². The minimum absolute atomic E-state index is 0.0533. The van der Waals surface area contributed by atoms with E-state index in [1.807, 2.05) is 39.8 Å². The van der Waals surface area contributed by atoms with E-state index in [4.69, 9.17) is 23.2 Å². The number of thioether (sulfide) groups is 1. The highest BCUT2D eigenvalue weighted by molar-refractivity contribution is 8.15. The number of rotatable bonds is 6. The van der Waals surface area contributed by atoms with Gasteiger partial charge in [-0.05, 0) is 55.2 Å². The Balaban J connectivity index is 1.79. The molecular formula is C23H25Cl2N3O2S. The largest absolute Gasteiger partial charge is 0.326 e. The van der Waals surface area contributed by atoms with E-state index in [1.54, 1.807) is 29.2 Å². The number of carbonyl (C=O) groups is 2. The summed E-state index contributed by atoms with van der Waals surface area (Å²) in [5.41, 5.74) is 3.09. The van der Waals surface area contributed by atoms with E-state index in [0.29, 0.717) is 33.1 Å². The van der Waals surface area contributed by atoms with Crippen LogP contribution in [-0.4, -0.2) is 33.7 Å². The molecule has 0 spiro atoms. The molecule has 0 aromatic heterocycles. The van der Waals surface area contributed by atoms with Crippen molar-refractivity contribution in [3.63, 3.8) is 0 Å². The van der Waals surface area contributed by atoms with Crippen molar-refractivity contribution >= 4 is 63.3 Å². The van der Waals surface area contributed by atoms with Crippen LogP contribution >= 0.6 is 35.0 Å². The van der Waals surface area contributed by atoms with Crippen molar-refractivity contribution in [3.05, 3.63) is 57.6 Å². The molecule has 1 saturated heterocycles. The number of amidine groups is 1. The highest BCUT2D eigenvalue weighted by Crippen LogP contribution is 2.33. The average molecular weight is 478 g/mol. The van der Waals surface area contributed by atoms with Crippen molar-refractivity contribution < 1.29 is 9.59 Å². The van der Waals surface area contributed by atoms with E-state index in [9.17, 15) is 9.59 Å². The number of nitrogens with one attached hydrogen (secondary N) is 1. The zero-order chi connectivity index (χ0) is 22.7. The Morgan fingerprint density at radius 3 is 2.61 bits per heavy atom. The van der Waals surface area contributed by atoms with Crippen LogP contribution in [0.4, 0.5) is 11.4 Å². The van der Waals surface area contributed by atoms with Crippen molar-refractivity contribution in [3.8, 4) is 0 Å². The third-order valence-corrected chi connectivity index (χ3v) is 6.85. The Hall–Kier alpha value is -2.02. The third kappa shape index (κ3) is 5.82. The Bertz CT molecular complexity index is 1040. The van der Waals surface area contributed by atoms with Crippen LogP contribution in [0.1, 0.15) is 31.4 Å². The Morgan fingerprint density at radius 1 is 1.19 bits per heavy atom. The van der Waals surface area contributed by atoms with Crippen molar-refractivity contribution in [2.45, 2.75) is 39.4 Å². The molecule has 0 aliphatic carbocycles. The zero-order valence-corrected chi connectivity index (χ0v) is 20.2. The van der Waals surface area contributed by atoms with Crippen molar-refractivity contribution in [2.75, 3.05) is 11.9 Å². The Labute approximate surface area is 197 Å². The molecule has 1 aliphatic heterocycles. The predicted octanol–water partition coefficient (Wildman–Crippen LogP) is 6.23. The number of amides is 2. The van der Waals surface area contributed by atoms with Gasteiger partial charge in [0.1, 0.15) is 5.25 Å². The van der Waals surface area contributed by atoms with Crippen LogP contribution in [0.5, 0.6) is 0 Å². The average Bonchev–Trinajstić information content (AvgIpc) is 2.96. The molecule has 1 unspecified atom stereocenters. The maximum atomic E-state index is 13.1. The lowest BCUT2D eigenvalue weighted by atomic mass is 10.1. The maximum absolute atomic E-state index is 13.1. The fourth-order valence-electron chi connectivity index (χ4n) is 3.13. The lowest BCUT2D eigenvalue weighted by Crippen LogP contribution is -2.36. The van der Waals surface area contributed by atoms with Crippen LogP contribution in [-0.2, 0) is 9.59 Å². The van der Waals surface area contributed by atoms with Crippen LogP contribution in [0.2, 0.25) is 10.0 Å². The fraction of sp³-hybridized carbons (Fsp3) is 0.348. The van der Waals surface area contributed by atoms with Crippen LogP contribution in [0.3, 0.4) is 0 Å². The molecule has 0 saturated carbocycles. The summed E-state index contributed by atoms with van der Waals surface area (Å²) in [5.74, 6) is -0.0768. The van der Waals surface area contributed by atoms with Crippen LogP contribution in [0.15, 0.2) is 41.4 Å². The summed E-state index contributed by atoms with van der Waals surface area (Å²) >= 11 is 13.7. The van der Waals surface area contributed by atoms with Gasteiger partial charge in [-0.15, -0.1) is 0 Å². The molecule has 0 bridgehead atoms. The molecule has 3 rings (SSSR count). The number of aliphatic imine (C=N–C) groups is 1. The number of nitrogens with zero attached hydrogens (tertiary/aromatic N) is 2. The van der Waals surface area contributed by atoms with Crippen molar-refractivity contribution in [1.29, 1.82) is 0 Å². The summed E-state index contributed by atoms with van der Waals surface area (Å²) in [6.45, 7) is 8.39. The SMILES string of the molecule is Cc1ccc(N=C2SC(CC(=O)Nc3cccc(Cl)c3C)C(=O)N2CC(C)C)cc1Cl. The first-order chi connectivity index (χ1) is 14.7. The molecule has 1 heterocycles. The molecule has 5 nitrogen and oxygen atoms in total. The standard InChI is InChI=1S/C23H25Cl2N3O2S/c1-13(2)12-28-22(30)20(11-21(29)27-19-7-5-6-17(24)15(19)4)31-23(28)26-16-9-8-14(3)18(25)10-16/h5-10,13,20H,11-12H2,1-4H3,(H,27,29). The number of benzene rings is 2. The van der Waals surface area contributed by atoms with Gasteiger partial charge in [0, 0.05) is 28.7 Å². The molecule has 2 aromatic rings. The lowest BCUT2D eigenvalue weighted by molar-refractivity contribution is -0.128. The monoisotopic (exact) mass is 477 g/mol. The van der Waals surface area contributed by atoms with Gasteiger partial charge >= 0.3 is 0 Å². The number of hydrogen-bond donors (Lipinski definition) is 1. The summed E-state index contributed by atoms with van der Waals surface area (Å²) in [6.07, 6.45) is 0.0533. The van der Waals surface area contributed by atoms with E-state index in [-0.39, 0.29) is 24.2 Å². The van der Waals surface area contributed by atoms with E-state index in [1.165, 1.54) is 11.8 Å². The quantitative estimate of drug-likeness (QED) is 0.536. The maximum Gasteiger partial charge on any atom is 0.242 e. The first kappa shape index (κ1) is 23.6. The molecular weight excluding hydrogens is 453 g/mol. The van der Waals surface area contributed by atoms with Gasteiger partial charge in [-0.3, -0.25) is 14.5 Å². The van der Waals surface area contributed by atoms with E-state index in [2.05, 4.69) is 10.3 Å². The van der Waals surface area contributed by atoms with Gasteiger partial charge in [0.05, 0.1) is 5.69 Å². The molecule has 31 heavy (non-hydrogen) atoms. The second-order valence-corrected chi connectivity index (χ2v) is 9.93. The van der Waals surface area contributed by atoms with E-state index < -0.39 is 5.25 Å². The number of anilines is 1. The zero-order valence-electron chi connectivity index (χ0n) is 17.9. The van der Waals surface area contributed by atoms with Gasteiger partial charge in [-0.25, -0.2) is 4.99 Å². The van der Waals surface area contributed by atoms with E-state index in [0.717, 1.165) is 11.1 Å². The molecule has 1 fully saturated rings. The van der Waals surface area contributed by atoms with Gasteiger partial charge in [-0.2, -0.15) is 0 Å². The van der Waals surface area contributed by atoms with Gasteiger partial charge in [0.2, 0.25) is 11.8 Å². The smallest absolute Gasteiger partial charge is 0.242 e. The summed E-state index contributed by atoms with van der Waals surface area (Å²) in [4.78, 5) is 32.1. The topological polar surface area (TPSA) is 61.8 Å². The highest BCUT2D eigenvalue weighted by Gasteiger charge is 2.39. The Morgan fingerprint density at radius 2 is 1.94 bits per heavy atom. The predicted molar refractivity (Wildman–Crippen MR) is 131 cm³/mol. The minimum Gasteiger partial charge on any atom is -0.326 e. The summed E-state index contributed by atoms with van der Waals surface area (Å²) in [7, 11) is 0. The number of hydrogen-bond acceptors (Lipinski definition) is 4. The molecule has 1 atom stereocenters. The second-order valence-electron chi connectivity index (χ2n) is 7.94. The van der Waals surface area contributed by atoms with Crippen molar-refractivity contribution in [2.24, 2.45) is 10.9 Å². The van der Waals surface area contributed by atoms with Gasteiger partial charge in [-0.1, -0.05) is 60.9 Å². The number of halogens is 2. The van der Waals surface area contributed by atoms with Gasteiger partial charge < -0.3 is 5.32 Å². The molecule has 8 heteroatoms. The minimum atomic E-state index is -0.530. The normalized spacial score (nSPS) is 17.6. The first-order valence-corrected chi connectivity index (χ1v) is 11.7.